The van der Waals surface area contributed by atoms with Crippen LogP contribution in [-0.2, 0) is 14.6 Å². The first-order chi connectivity index (χ1) is 11.2. The Kier molecular flexibility index (Phi) is 6.11. The predicted molar refractivity (Wildman–Crippen MR) is 95.2 cm³/mol. The van der Waals surface area contributed by atoms with Gasteiger partial charge in [-0.25, -0.2) is 12.8 Å². The summed E-state index contributed by atoms with van der Waals surface area (Å²) < 4.78 is 36.1. The van der Waals surface area contributed by atoms with Crippen LogP contribution in [0.2, 0.25) is 0 Å². The molecule has 1 amide bonds. The molecule has 6 nitrogen and oxygen atoms in total. The maximum atomic E-state index is 13.4. The van der Waals surface area contributed by atoms with Gasteiger partial charge in [0.05, 0.1) is 11.5 Å². The first-order valence-corrected chi connectivity index (χ1v) is 9.79. The topological polar surface area (TPSA) is 87.3 Å². The monoisotopic (exact) mass is 373 g/mol. The minimum absolute atomic E-state index is 0.00508. The summed E-state index contributed by atoms with van der Waals surface area (Å²) in [5.74, 6) is -0.426. The van der Waals surface area contributed by atoms with Crippen LogP contribution in [0.5, 0.6) is 0 Å². The highest BCUT2D eigenvalue weighted by Crippen LogP contribution is 2.13. The summed E-state index contributed by atoms with van der Waals surface area (Å²) in [6.45, 7) is 1.97. The maximum absolute atomic E-state index is 13.4. The van der Waals surface area contributed by atoms with Gasteiger partial charge in [0, 0.05) is 24.7 Å². The number of thiocarbonyl (C=S) groups is 1. The normalized spacial score (nSPS) is 18.8. The third kappa shape index (κ3) is 5.72. The van der Waals surface area contributed by atoms with Gasteiger partial charge in [-0.05, 0) is 43.3 Å². The molecule has 9 heteroatoms. The summed E-state index contributed by atoms with van der Waals surface area (Å²) in [5, 5.41) is 8.68. The highest BCUT2D eigenvalue weighted by Gasteiger charge is 2.28. The lowest BCUT2D eigenvalue weighted by atomic mass is 10.2. The first-order valence-electron chi connectivity index (χ1n) is 7.56. The number of sulfone groups is 1. The van der Waals surface area contributed by atoms with Crippen molar-refractivity contribution in [1.29, 1.82) is 0 Å². The third-order valence-electron chi connectivity index (χ3n) is 3.66. The van der Waals surface area contributed by atoms with Crippen molar-refractivity contribution < 1.29 is 17.6 Å². The van der Waals surface area contributed by atoms with E-state index in [2.05, 4.69) is 16.0 Å². The highest BCUT2D eigenvalue weighted by molar-refractivity contribution is 7.91. The van der Waals surface area contributed by atoms with Crippen LogP contribution in [0.3, 0.4) is 0 Å². The number of amides is 1. The molecule has 0 saturated carbocycles. The molecule has 0 aliphatic carbocycles. The van der Waals surface area contributed by atoms with Crippen LogP contribution < -0.4 is 16.0 Å². The van der Waals surface area contributed by atoms with Crippen LogP contribution in [-0.4, -0.2) is 43.5 Å². The first kappa shape index (κ1) is 18.6. The standard InChI is InChI=1S/C15H20FN3O3S2/c1-10-2-3-11(8-13(10)16)19-15(23)17-6-4-14(20)18-12-5-7-24(21,22)9-12/h2-3,8,12H,4-7,9H2,1H3,(H,18,20)(H2,17,19,23). The third-order valence-corrected chi connectivity index (χ3v) is 5.68. The van der Waals surface area contributed by atoms with Crippen LogP contribution in [0, 0.1) is 12.7 Å². The smallest absolute Gasteiger partial charge is 0.222 e. The van der Waals surface area contributed by atoms with Crippen molar-refractivity contribution >= 4 is 38.8 Å². The van der Waals surface area contributed by atoms with Gasteiger partial charge < -0.3 is 16.0 Å². The molecule has 0 spiro atoms. The molecule has 1 fully saturated rings. The molecule has 1 atom stereocenters. The SMILES string of the molecule is Cc1ccc(NC(=S)NCCC(=O)NC2CCS(=O)(=O)C2)cc1F. The van der Waals surface area contributed by atoms with Crippen LogP contribution in [0.4, 0.5) is 10.1 Å². The molecule has 132 valence electrons. The van der Waals surface area contributed by atoms with E-state index in [1.165, 1.54) is 6.07 Å². The maximum Gasteiger partial charge on any atom is 0.222 e. The van der Waals surface area contributed by atoms with Gasteiger partial charge in [-0.15, -0.1) is 0 Å². The van der Waals surface area contributed by atoms with E-state index < -0.39 is 9.84 Å². The molecular weight excluding hydrogens is 353 g/mol. The van der Waals surface area contributed by atoms with Crippen LogP contribution in [0.1, 0.15) is 18.4 Å². The van der Waals surface area contributed by atoms with E-state index in [1.807, 2.05) is 0 Å². The highest BCUT2D eigenvalue weighted by atomic mass is 32.2. The average Bonchev–Trinajstić information content (AvgIpc) is 2.81. The molecule has 1 aliphatic rings. The summed E-state index contributed by atoms with van der Waals surface area (Å²) in [6, 6.07) is 4.39. The number of nitrogens with one attached hydrogen (secondary N) is 3. The summed E-state index contributed by atoms with van der Waals surface area (Å²) in [6.07, 6.45) is 0.626. The molecule has 0 bridgehead atoms. The lowest BCUT2D eigenvalue weighted by Crippen LogP contribution is -2.38. The number of anilines is 1. The summed E-state index contributed by atoms with van der Waals surface area (Å²) in [5.41, 5.74) is 1.07. The molecule has 1 unspecified atom stereocenters. The Balaban J connectivity index is 1.68. The zero-order valence-electron chi connectivity index (χ0n) is 13.3. The lowest BCUT2D eigenvalue weighted by molar-refractivity contribution is -0.121. The van der Waals surface area contributed by atoms with Gasteiger partial charge >= 0.3 is 0 Å². The number of rotatable bonds is 5. The molecule has 0 radical (unpaired) electrons. The number of carbonyl (C=O) groups is 1. The number of aryl methyl sites for hydroxylation is 1. The molecule has 1 saturated heterocycles. The van der Waals surface area contributed by atoms with Gasteiger partial charge in [0.15, 0.2) is 14.9 Å². The molecule has 2 rings (SSSR count). The van der Waals surface area contributed by atoms with E-state index in [0.29, 0.717) is 24.2 Å². The van der Waals surface area contributed by atoms with E-state index in [0.717, 1.165) is 0 Å². The van der Waals surface area contributed by atoms with E-state index in [1.54, 1.807) is 19.1 Å². The van der Waals surface area contributed by atoms with E-state index in [4.69, 9.17) is 12.2 Å². The molecule has 1 aliphatic heterocycles. The summed E-state index contributed by atoms with van der Waals surface area (Å²) in [7, 11) is -3.01. The Hall–Kier alpha value is -1.74. The number of hydrogen-bond donors (Lipinski definition) is 3. The minimum Gasteiger partial charge on any atom is -0.362 e. The van der Waals surface area contributed by atoms with Gasteiger partial charge in [-0.1, -0.05) is 6.07 Å². The second-order valence-corrected chi connectivity index (χ2v) is 8.40. The van der Waals surface area contributed by atoms with Crippen molar-refractivity contribution in [1.82, 2.24) is 10.6 Å². The number of halogens is 1. The predicted octanol–water partition coefficient (Wildman–Crippen LogP) is 1.11. The van der Waals surface area contributed by atoms with Crippen LogP contribution in [0.25, 0.3) is 0 Å². The molecule has 24 heavy (non-hydrogen) atoms. The van der Waals surface area contributed by atoms with Crippen molar-refractivity contribution in [2.75, 3.05) is 23.4 Å². The fourth-order valence-corrected chi connectivity index (χ4v) is 4.24. The van der Waals surface area contributed by atoms with Gasteiger partial charge in [-0.3, -0.25) is 4.79 Å². The quantitative estimate of drug-likeness (QED) is 0.671. The zero-order chi connectivity index (χ0) is 17.7. The molecule has 1 aromatic carbocycles. The minimum atomic E-state index is -3.01. The van der Waals surface area contributed by atoms with Gasteiger partial charge in [0.25, 0.3) is 0 Å². The summed E-state index contributed by atoms with van der Waals surface area (Å²) >= 11 is 5.08. The molecule has 1 heterocycles. The number of carbonyl (C=O) groups excluding carboxylic acids is 1. The van der Waals surface area contributed by atoms with E-state index >= 15 is 0 Å². The summed E-state index contributed by atoms with van der Waals surface area (Å²) in [4.78, 5) is 11.8. The van der Waals surface area contributed by atoms with E-state index in [-0.39, 0.29) is 40.8 Å². The lowest BCUT2D eigenvalue weighted by Gasteiger charge is -2.13. The van der Waals surface area contributed by atoms with Gasteiger partial charge in [-0.2, -0.15) is 0 Å². The largest absolute Gasteiger partial charge is 0.362 e. The van der Waals surface area contributed by atoms with Crippen molar-refractivity contribution in [2.45, 2.75) is 25.8 Å². The molecule has 1 aromatic rings. The number of hydrogen-bond acceptors (Lipinski definition) is 4. The number of benzene rings is 1. The Labute approximate surface area is 146 Å². The van der Waals surface area contributed by atoms with Crippen molar-refractivity contribution in [2.24, 2.45) is 0 Å². The van der Waals surface area contributed by atoms with Crippen molar-refractivity contribution in [3.05, 3.63) is 29.6 Å². The van der Waals surface area contributed by atoms with Gasteiger partial charge in [0.1, 0.15) is 5.82 Å². The van der Waals surface area contributed by atoms with Gasteiger partial charge in [0.2, 0.25) is 5.91 Å². The zero-order valence-corrected chi connectivity index (χ0v) is 14.9. The second kappa shape index (κ2) is 7.89. The fourth-order valence-electron chi connectivity index (χ4n) is 2.34. The Morgan fingerprint density at radius 1 is 1.42 bits per heavy atom. The van der Waals surface area contributed by atoms with Crippen LogP contribution in [0.15, 0.2) is 18.2 Å². The van der Waals surface area contributed by atoms with Crippen LogP contribution >= 0.6 is 12.2 Å². The van der Waals surface area contributed by atoms with Crippen molar-refractivity contribution in [3.8, 4) is 0 Å². The molecular formula is C15H20FN3O3S2. The average molecular weight is 373 g/mol. The molecule has 3 N–H and O–H groups in total. The Morgan fingerprint density at radius 2 is 2.17 bits per heavy atom. The fraction of sp³-hybridized carbons (Fsp3) is 0.467. The molecule has 0 aromatic heterocycles. The Bertz CT molecular complexity index is 737. The Morgan fingerprint density at radius 3 is 2.79 bits per heavy atom. The van der Waals surface area contributed by atoms with E-state index in [9.17, 15) is 17.6 Å². The second-order valence-electron chi connectivity index (χ2n) is 5.76. The van der Waals surface area contributed by atoms with Crippen molar-refractivity contribution in [3.63, 3.8) is 0 Å².